The predicted molar refractivity (Wildman–Crippen MR) is 110 cm³/mol. The Hall–Kier alpha value is -2.43. The molecule has 27 heavy (non-hydrogen) atoms. The van der Waals surface area contributed by atoms with Gasteiger partial charge in [0.25, 0.3) is 5.56 Å². The van der Waals surface area contributed by atoms with E-state index in [-0.39, 0.29) is 11.5 Å². The molecular weight excluding hydrogens is 381 g/mol. The van der Waals surface area contributed by atoms with Crippen LogP contribution in [-0.2, 0) is 0 Å². The molecule has 0 saturated carbocycles. The maximum atomic E-state index is 12.9. The van der Waals surface area contributed by atoms with E-state index in [2.05, 4.69) is 4.98 Å². The van der Waals surface area contributed by atoms with Crippen molar-refractivity contribution >= 4 is 28.9 Å². The quantitative estimate of drug-likeness (QED) is 0.591. The first-order chi connectivity index (χ1) is 12.9. The van der Waals surface area contributed by atoms with E-state index < -0.39 is 0 Å². The molecule has 2 heterocycles. The van der Waals surface area contributed by atoms with E-state index in [0.717, 1.165) is 22.5 Å². The van der Waals surface area contributed by atoms with Gasteiger partial charge >= 0.3 is 0 Å². The summed E-state index contributed by atoms with van der Waals surface area (Å²) in [5.41, 5.74) is 3.83. The molecule has 1 unspecified atom stereocenters. The Bertz CT molecular complexity index is 1120. The van der Waals surface area contributed by atoms with Crippen molar-refractivity contribution in [2.75, 3.05) is 6.54 Å². The van der Waals surface area contributed by atoms with Gasteiger partial charge in [-0.3, -0.25) is 14.4 Å². The summed E-state index contributed by atoms with van der Waals surface area (Å²) < 4.78 is 1.67. The molecule has 0 fully saturated rings. The summed E-state index contributed by atoms with van der Waals surface area (Å²) in [6.07, 6.45) is 0. The van der Waals surface area contributed by atoms with Crippen LogP contribution in [0.15, 0.2) is 58.3 Å². The van der Waals surface area contributed by atoms with Crippen molar-refractivity contribution in [3.63, 3.8) is 0 Å². The third-order valence-corrected chi connectivity index (χ3v) is 5.10. The van der Waals surface area contributed by atoms with Gasteiger partial charge in [0.15, 0.2) is 0 Å². The second kappa shape index (κ2) is 6.95. The Labute approximate surface area is 167 Å². The van der Waals surface area contributed by atoms with Gasteiger partial charge in [0.2, 0.25) is 0 Å². The zero-order valence-electron chi connectivity index (χ0n) is 14.9. The molecule has 1 aliphatic rings. The van der Waals surface area contributed by atoms with Crippen molar-refractivity contribution < 1.29 is 0 Å². The largest absolute Gasteiger partial charge is 0.283 e. The number of aliphatic imine (C=N–C) groups is 1. The highest BCUT2D eigenvalue weighted by atomic mass is 35.5. The fraction of sp³-hybridized carbons (Fsp3) is 0.190. The van der Waals surface area contributed by atoms with Gasteiger partial charge < -0.3 is 0 Å². The monoisotopic (exact) mass is 397 g/mol. The molecule has 0 aliphatic carbocycles. The molecule has 4 nitrogen and oxygen atoms in total. The first kappa shape index (κ1) is 18.0. The Kier molecular flexibility index (Phi) is 4.62. The Morgan fingerprint density at radius 1 is 1.04 bits per heavy atom. The molecule has 1 aliphatic heterocycles. The third kappa shape index (κ3) is 3.31. The summed E-state index contributed by atoms with van der Waals surface area (Å²) in [4.78, 5) is 22.4. The topological polar surface area (TPSA) is 47.2 Å². The number of halogens is 2. The van der Waals surface area contributed by atoms with Gasteiger partial charge in [0, 0.05) is 45.4 Å². The number of nitrogens with zero attached hydrogens (tertiary/aromatic N) is 3. The predicted octanol–water partition coefficient (Wildman–Crippen LogP) is 4.80. The van der Waals surface area contributed by atoms with Crippen LogP contribution in [0.5, 0.6) is 0 Å². The van der Waals surface area contributed by atoms with Gasteiger partial charge in [-0.2, -0.15) is 0 Å². The van der Waals surface area contributed by atoms with Crippen LogP contribution in [0.4, 0.5) is 0 Å². The number of hydrogen-bond acceptors (Lipinski definition) is 3. The molecule has 0 amide bonds. The Morgan fingerprint density at radius 3 is 2.48 bits per heavy atom. The lowest BCUT2D eigenvalue weighted by atomic mass is 9.98. The van der Waals surface area contributed by atoms with Gasteiger partial charge in [-0.15, -0.1) is 0 Å². The summed E-state index contributed by atoms with van der Waals surface area (Å²) in [6, 6.07) is 14.5. The Balaban J connectivity index is 2.04. The molecule has 6 heteroatoms. The second-order valence-corrected chi connectivity index (χ2v) is 7.56. The standard InChI is InChI=1S/C21H17Cl2N3O/c1-12-11-24-20(14-3-5-15(22)6-4-14)17-10-16(23)7-8-18(17)26-19(27)9-13(2)25-21(12)26/h3-10,12H,11H2,1-2H3. The normalized spacial score (nSPS) is 16.0. The van der Waals surface area contributed by atoms with Gasteiger partial charge in [0.1, 0.15) is 5.82 Å². The van der Waals surface area contributed by atoms with Crippen LogP contribution in [0.1, 0.15) is 35.5 Å². The van der Waals surface area contributed by atoms with Gasteiger partial charge in [0.05, 0.1) is 11.4 Å². The Morgan fingerprint density at radius 2 is 1.74 bits per heavy atom. The van der Waals surface area contributed by atoms with Crippen LogP contribution >= 0.6 is 23.2 Å². The molecule has 4 rings (SSSR count). The lowest BCUT2D eigenvalue weighted by molar-refractivity contribution is 0.660. The molecule has 2 aromatic carbocycles. The van der Waals surface area contributed by atoms with E-state index in [1.165, 1.54) is 0 Å². The summed E-state index contributed by atoms with van der Waals surface area (Å²) in [6.45, 7) is 4.38. The molecule has 0 N–H and O–H groups in total. The highest BCUT2D eigenvalue weighted by molar-refractivity contribution is 6.32. The van der Waals surface area contributed by atoms with Crippen LogP contribution in [0.25, 0.3) is 5.69 Å². The second-order valence-electron chi connectivity index (χ2n) is 6.69. The fourth-order valence-electron chi connectivity index (χ4n) is 3.33. The molecule has 0 bridgehead atoms. The summed E-state index contributed by atoms with van der Waals surface area (Å²) >= 11 is 12.3. The number of fused-ring (bicyclic) bond motifs is 3. The van der Waals surface area contributed by atoms with Crippen molar-refractivity contribution in [2.45, 2.75) is 19.8 Å². The van der Waals surface area contributed by atoms with Crippen LogP contribution in [0.3, 0.4) is 0 Å². The van der Waals surface area contributed by atoms with E-state index in [0.29, 0.717) is 28.1 Å². The van der Waals surface area contributed by atoms with Crippen molar-refractivity contribution in [1.29, 1.82) is 0 Å². The van der Waals surface area contributed by atoms with Crippen LogP contribution in [0.2, 0.25) is 10.0 Å². The summed E-state index contributed by atoms with van der Waals surface area (Å²) in [7, 11) is 0. The molecule has 136 valence electrons. The van der Waals surface area contributed by atoms with Crippen LogP contribution in [0, 0.1) is 6.92 Å². The first-order valence-electron chi connectivity index (χ1n) is 8.65. The van der Waals surface area contributed by atoms with E-state index >= 15 is 0 Å². The highest BCUT2D eigenvalue weighted by Crippen LogP contribution is 2.28. The fourth-order valence-corrected chi connectivity index (χ4v) is 3.63. The minimum Gasteiger partial charge on any atom is -0.283 e. The van der Waals surface area contributed by atoms with E-state index in [1.807, 2.05) is 50.2 Å². The number of hydrogen-bond donors (Lipinski definition) is 0. The van der Waals surface area contributed by atoms with Gasteiger partial charge in [-0.25, -0.2) is 4.98 Å². The lowest BCUT2D eigenvalue weighted by Crippen LogP contribution is -2.29. The third-order valence-electron chi connectivity index (χ3n) is 4.61. The van der Waals surface area contributed by atoms with E-state index in [1.54, 1.807) is 16.7 Å². The zero-order chi connectivity index (χ0) is 19.1. The molecule has 0 saturated heterocycles. The first-order valence-corrected chi connectivity index (χ1v) is 9.41. The van der Waals surface area contributed by atoms with Crippen LogP contribution < -0.4 is 5.56 Å². The van der Waals surface area contributed by atoms with Gasteiger partial charge in [-0.05, 0) is 37.3 Å². The summed E-state index contributed by atoms with van der Waals surface area (Å²) in [5.74, 6) is 0.700. The van der Waals surface area contributed by atoms with Gasteiger partial charge in [-0.1, -0.05) is 42.3 Å². The molecular formula is C21H17Cl2N3O. The minimum absolute atomic E-state index is 0.0104. The smallest absolute Gasteiger partial charge is 0.258 e. The molecule has 3 aromatic rings. The lowest BCUT2D eigenvalue weighted by Gasteiger charge is -2.23. The molecule has 1 atom stereocenters. The number of aromatic nitrogens is 2. The average Bonchev–Trinajstić information content (AvgIpc) is 2.62. The molecule has 0 spiro atoms. The zero-order valence-corrected chi connectivity index (χ0v) is 16.4. The number of rotatable bonds is 1. The number of aryl methyl sites for hydroxylation is 1. The maximum Gasteiger partial charge on any atom is 0.258 e. The van der Waals surface area contributed by atoms with Crippen molar-refractivity contribution in [2.24, 2.45) is 4.99 Å². The maximum absolute atomic E-state index is 12.9. The van der Waals surface area contributed by atoms with Crippen molar-refractivity contribution in [3.05, 3.63) is 91.6 Å². The van der Waals surface area contributed by atoms with E-state index in [4.69, 9.17) is 28.2 Å². The molecule has 0 radical (unpaired) electrons. The summed E-state index contributed by atoms with van der Waals surface area (Å²) in [5, 5.41) is 1.24. The van der Waals surface area contributed by atoms with Crippen molar-refractivity contribution in [1.82, 2.24) is 9.55 Å². The van der Waals surface area contributed by atoms with Crippen molar-refractivity contribution in [3.8, 4) is 5.69 Å². The number of benzene rings is 2. The average molecular weight is 398 g/mol. The highest BCUT2D eigenvalue weighted by Gasteiger charge is 2.23. The molecule has 1 aromatic heterocycles. The minimum atomic E-state index is -0.106. The van der Waals surface area contributed by atoms with Crippen LogP contribution in [-0.4, -0.2) is 21.8 Å². The SMILES string of the molecule is Cc1cc(=O)n2c(n1)C(C)CN=C(c1ccc(Cl)cc1)c1cc(Cl)ccc1-2. The van der Waals surface area contributed by atoms with E-state index in [9.17, 15) is 4.79 Å².